The number of fused-ring (bicyclic) bond motifs is 1. The van der Waals surface area contributed by atoms with Crippen LogP contribution in [-0.4, -0.2) is 29.3 Å². The second-order valence-corrected chi connectivity index (χ2v) is 4.99. The lowest BCUT2D eigenvalue weighted by atomic mass is 9.90. The highest BCUT2D eigenvalue weighted by Gasteiger charge is 2.24. The van der Waals surface area contributed by atoms with Crippen molar-refractivity contribution in [3.63, 3.8) is 0 Å². The topological polar surface area (TPSA) is 71.5 Å². The highest BCUT2D eigenvalue weighted by atomic mass is 16.5. The van der Waals surface area contributed by atoms with Gasteiger partial charge in [0, 0.05) is 36.0 Å². The SMILES string of the molecule is O=C(O)NC[C@H]1CCOc2c(-c3cccnc3)cccc21. The van der Waals surface area contributed by atoms with Crippen molar-refractivity contribution in [2.75, 3.05) is 13.2 Å². The second-order valence-electron chi connectivity index (χ2n) is 4.99. The number of para-hydroxylation sites is 1. The molecular weight excluding hydrogens is 268 g/mol. The minimum absolute atomic E-state index is 0.140. The monoisotopic (exact) mass is 284 g/mol. The van der Waals surface area contributed by atoms with Crippen molar-refractivity contribution in [2.24, 2.45) is 0 Å². The minimum atomic E-state index is -0.994. The summed E-state index contributed by atoms with van der Waals surface area (Å²) in [6.07, 6.45) is 3.35. The number of amides is 1. The summed E-state index contributed by atoms with van der Waals surface area (Å²) in [6.45, 7) is 0.998. The van der Waals surface area contributed by atoms with Gasteiger partial charge in [-0.15, -0.1) is 0 Å². The van der Waals surface area contributed by atoms with E-state index in [0.29, 0.717) is 13.2 Å². The number of nitrogens with zero attached hydrogens (tertiary/aromatic N) is 1. The van der Waals surface area contributed by atoms with Gasteiger partial charge in [0.05, 0.1) is 6.61 Å². The summed E-state index contributed by atoms with van der Waals surface area (Å²) in [5.41, 5.74) is 3.05. The second kappa shape index (κ2) is 5.83. The molecule has 2 heterocycles. The van der Waals surface area contributed by atoms with E-state index in [1.807, 2.05) is 30.3 Å². The van der Waals surface area contributed by atoms with Gasteiger partial charge in [0.2, 0.25) is 0 Å². The lowest BCUT2D eigenvalue weighted by Crippen LogP contribution is -2.29. The molecule has 2 aromatic rings. The molecule has 21 heavy (non-hydrogen) atoms. The summed E-state index contributed by atoms with van der Waals surface area (Å²) < 4.78 is 5.84. The first-order valence-electron chi connectivity index (χ1n) is 6.88. The summed E-state index contributed by atoms with van der Waals surface area (Å²) >= 11 is 0. The number of rotatable bonds is 3. The van der Waals surface area contributed by atoms with Gasteiger partial charge in [0.25, 0.3) is 0 Å². The lowest BCUT2D eigenvalue weighted by Gasteiger charge is -2.27. The van der Waals surface area contributed by atoms with E-state index in [2.05, 4.69) is 10.3 Å². The maximum Gasteiger partial charge on any atom is 0.404 e. The maximum absolute atomic E-state index is 10.7. The molecule has 0 bridgehead atoms. The van der Waals surface area contributed by atoms with E-state index in [4.69, 9.17) is 9.84 Å². The molecule has 0 aliphatic carbocycles. The predicted octanol–water partition coefficient (Wildman–Crippen LogP) is 2.88. The Labute approximate surface area is 122 Å². The summed E-state index contributed by atoms with van der Waals surface area (Å²) in [6, 6.07) is 9.86. The lowest BCUT2D eigenvalue weighted by molar-refractivity contribution is 0.191. The molecule has 0 unspecified atom stereocenters. The van der Waals surface area contributed by atoms with Gasteiger partial charge < -0.3 is 15.2 Å². The van der Waals surface area contributed by atoms with Crippen molar-refractivity contribution in [3.05, 3.63) is 48.3 Å². The molecule has 0 fully saturated rings. The Morgan fingerprint density at radius 3 is 3.05 bits per heavy atom. The fourth-order valence-electron chi connectivity index (χ4n) is 2.67. The van der Waals surface area contributed by atoms with Crippen LogP contribution in [0.5, 0.6) is 5.75 Å². The minimum Gasteiger partial charge on any atom is -0.493 e. The van der Waals surface area contributed by atoms with Crippen LogP contribution in [0.4, 0.5) is 4.79 Å². The Morgan fingerprint density at radius 2 is 2.29 bits per heavy atom. The molecule has 2 N–H and O–H groups in total. The number of carboxylic acid groups (broad SMARTS) is 1. The molecule has 5 nitrogen and oxygen atoms in total. The van der Waals surface area contributed by atoms with Gasteiger partial charge in [-0.05, 0) is 18.1 Å². The normalized spacial score (nSPS) is 16.7. The summed E-state index contributed by atoms with van der Waals surface area (Å²) in [4.78, 5) is 14.8. The van der Waals surface area contributed by atoms with E-state index in [9.17, 15) is 4.79 Å². The van der Waals surface area contributed by atoms with Crippen LogP contribution in [0.1, 0.15) is 17.9 Å². The van der Waals surface area contributed by atoms with Gasteiger partial charge in [-0.1, -0.05) is 24.3 Å². The first kappa shape index (κ1) is 13.4. The number of nitrogens with one attached hydrogen (secondary N) is 1. The van der Waals surface area contributed by atoms with E-state index in [-0.39, 0.29) is 5.92 Å². The van der Waals surface area contributed by atoms with Gasteiger partial charge in [0.15, 0.2) is 0 Å². The Hall–Kier alpha value is -2.56. The number of aromatic nitrogens is 1. The zero-order valence-corrected chi connectivity index (χ0v) is 11.5. The number of carbonyl (C=O) groups is 1. The predicted molar refractivity (Wildman–Crippen MR) is 78.6 cm³/mol. The summed E-state index contributed by atoms with van der Waals surface area (Å²) in [5, 5.41) is 11.2. The van der Waals surface area contributed by atoms with Crippen molar-refractivity contribution < 1.29 is 14.6 Å². The van der Waals surface area contributed by atoms with Gasteiger partial charge >= 0.3 is 6.09 Å². The molecule has 0 saturated carbocycles. The molecule has 108 valence electrons. The molecule has 1 aliphatic rings. The van der Waals surface area contributed by atoms with Crippen LogP contribution in [0.2, 0.25) is 0 Å². The smallest absolute Gasteiger partial charge is 0.404 e. The zero-order valence-electron chi connectivity index (χ0n) is 11.5. The molecular formula is C16H16N2O3. The van der Waals surface area contributed by atoms with Gasteiger partial charge in [-0.25, -0.2) is 4.79 Å². The first-order valence-corrected chi connectivity index (χ1v) is 6.88. The molecule has 1 atom stereocenters. The van der Waals surface area contributed by atoms with Crippen LogP contribution >= 0.6 is 0 Å². The van der Waals surface area contributed by atoms with Crippen LogP contribution in [0, 0.1) is 0 Å². The molecule has 0 spiro atoms. The Balaban J connectivity index is 1.96. The van der Waals surface area contributed by atoms with E-state index < -0.39 is 6.09 Å². The van der Waals surface area contributed by atoms with Gasteiger partial charge in [0.1, 0.15) is 5.75 Å². The van der Waals surface area contributed by atoms with Crippen molar-refractivity contribution in [2.45, 2.75) is 12.3 Å². The number of hydrogen-bond donors (Lipinski definition) is 2. The molecule has 1 aromatic heterocycles. The number of pyridine rings is 1. The molecule has 0 saturated heterocycles. The first-order chi connectivity index (χ1) is 10.3. The third-order valence-electron chi connectivity index (χ3n) is 3.67. The van der Waals surface area contributed by atoms with Crippen molar-refractivity contribution in [1.29, 1.82) is 0 Å². The molecule has 0 radical (unpaired) electrons. The van der Waals surface area contributed by atoms with Gasteiger partial charge in [-0.2, -0.15) is 0 Å². The third kappa shape index (κ3) is 2.81. The maximum atomic E-state index is 10.7. The fourth-order valence-corrected chi connectivity index (χ4v) is 2.67. The van der Waals surface area contributed by atoms with Crippen LogP contribution in [-0.2, 0) is 0 Å². The van der Waals surface area contributed by atoms with E-state index in [0.717, 1.165) is 28.9 Å². The Kier molecular flexibility index (Phi) is 3.73. The molecule has 1 aromatic carbocycles. The number of hydrogen-bond acceptors (Lipinski definition) is 3. The number of ether oxygens (including phenoxy) is 1. The summed E-state index contributed by atoms with van der Waals surface area (Å²) in [7, 11) is 0. The van der Waals surface area contributed by atoms with Crippen molar-refractivity contribution >= 4 is 6.09 Å². The van der Waals surface area contributed by atoms with Crippen LogP contribution in [0.3, 0.4) is 0 Å². The quantitative estimate of drug-likeness (QED) is 0.909. The highest BCUT2D eigenvalue weighted by Crippen LogP contribution is 2.40. The standard InChI is InChI=1S/C16H16N2O3/c19-16(20)18-10-12-6-8-21-15-13(4-1-5-14(12)15)11-3-2-7-17-9-11/h1-5,7,9,12,18H,6,8,10H2,(H,19,20)/t12-/m1/s1. The fraction of sp³-hybridized carbons (Fsp3) is 0.250. The Morgan fingerprint density at radius 1 is 1.38 bits per heavy atom. The number of benzene rings is 1. The molecule has 1 aliphatic heterocycles. The average molecular weight is 284 g/mol. The van der Waals surface area contributed by atoms with E-state index in [1.165, 1.54) is 0 Å². The zero-order chi connectivity index (χ0) is 14.7. The average Bonchev–Trinajstić information content (AvgIpc) is 2.53. The van der Waals surface area contributed by atoms with E-state index in [1.54, 1.807) is 12.4 Å². The summed E-state index contributed by atoms with van der Waals surface area (Å²) in [5.74, 6) is 0.982. The largest absolute Gasteiger partial charge is 0.493 e. The van der Waals surface area contributed by atoms with Crippen molar-refractivity contribution in [1.82, 2.24) is 10.3 Å². The van der Waals surface area contributed by atoms with Gasteiger partial charge in [-0.3, -0.25) is 4.98 Å². The van der Waals surface area contributed by atoms with E-state index >= 15 is 0 Å². The molecule has 1 amide bonds. The van der Waals surface area contributed by atoms with Crippen molar-refractivity contribution in [3.8, 4) is 16.9 Å². The molecule has 3 rings (SSSR count). The highest BCUT2D eigenvalue weighted by molar-refractivity contribution is 5.72. The van der Waals surface area contributed by atoms with Crippen LogP contribution in [0.15, 0.2) is 42.7 Å². The van der Waals surface area contributed by atoms with Crippen LogP contribution < -0.4 is 10.1 Å². The van der Waals surface area contributed by atoms with Crippen LogP contribution in [0.25, 0.3) is 11.1 Å². The third-order valence-corrected chi connectivity index (χ3v) is 3.67. The molecule has 5 heteroatoms. The Bertz CT molecular complexity index is 643.